The van der Waals surface area contributed by atoms with Gasteiger partial charge in [-0.15, -0.1) is 12.4 Å². The van der Waals surface area contributed by atoms with Crippen molar-refractivity contribution in [2.24, 2.45) is 11.5 Å². The molecule has 0 unspecified atom stereocenters. The monoisotopic (exact) mass is 295 g/mol. The van der Waals surface area contributed by atoms with Crippen molar-refractivity contribution in [2.45, 2.75) is 29.8 Å². The fraction of sp³-hybridized carbons (Fsp3) is 0.357. The third kappa shape index (κ3) is 1.56. The predicted octanol–water partition coefficient (Wildman–Crippen LogP) is 2.60. The molecule has 4 N–H and O–H groups in total. The van der Waals surface area contributed by atoms with Crippen LogP contribution in [0.5, 0.6) is 0 Å². The summed E-state index contributed by atoms with van der Waals surface area (Å²) in [6.07, 6.45) is 3.68. The highest BCUT2D eigenvalue weighted by molar-refractivity contribution is 6.31. The van der Waals surface area contributed by atoms with Crippen LogP contribution in [0.1, 0.15) is 24.3 Å². The summed E-state index contributed by atoms with van der Waals surface area (Å²) in [5.74, 6) is 0.261. The molecule has 100 valence electrons. The number of nitrogens with zero attached hydrogens (tertiary/aromatic N) is 1. The zero-order valence-corrected chi connectivity index (χ0v) is 11.8. The van der Waals surface area contributed by atoms with Crippen LogP contribution in [0.15, 0.2) is 30.5 Å². The zero-order valence-electron chi connectivity index (χ0n) is 10.3. The zero-order chi connectivity index (χ0) is 12.5. The second-order valence-electron chi connectivity index (χ2n) is 5.81. The highest BCUT2D eigenvalue weighted by Crippen LogP contribution is 2.67. The van der Waals surface area contributed by atoms with Gasteiger partial charge in [0.25, 0.3) is 0 Å². The van der Waals surface area contributed by atoms with Gasteiger partial charge in [-0.1, -0.05) is 17.7 Å². The van der Waals surface area contributed by atoms with E-state index in [0.717, 1.165) is 23.7 Å². The normalized spacial score (nSPS) is 35.2. The molecule has 1 aromatic heterocycles. The standard InChI is InChI=1S/C14H14ClN3.ClH/c15-8-1-2-9-10(3-4-18-11(9)5-8)12-13(16)6-14(12,17)7-13;/h1-5,12H,6-7,16-17H2;1H. The van der Waals surface area contributed by atoms with Gasteiger partial charge >= 0.3 is 0 Å². The van der Waals surface area contributed by atoms with Gasteiger partial charge in [-0.3, -0.25) is 4.98 Å². The molecule has 0 amide bonds. The average molecular weight is 296 g/mol. The quantitative estimate of drug-likeness (QED) is 0.850. The summed E-state index contributed by atoms with van der Waals surface area (Å²) in [5.41, 5.74) is 14.6. The van der Waals surface area contributed by atoms with Gasteiger partial charge in [0, 0.05) is 33.6 Å². The molecule has 3 aliphatic carbocycles. The molecule has 1 aromatic carbocycles. The lowest BCUT2D eigenvalue weighted by atomic mass is 9.36. The molecule has 0 aliphatic heterocycles. The van der Waals surface area contributed by atoms with Crippen LogP contribution < -0.4 is 11.5 Å². The Balaban J connectivity index is 0.00000110. The van der Waals surface area contributed by atoms with Crippen molar-refractivity contribution in [3.63, 3.8) is 0 Å². The van der Waals surface area contributed by atoms with Crippen LogP contribution >= 0.6 is 24.0 Å². The highest BCUT2D eigenvalue weighted by atomic mass is 35.5. The molecule has 0 radical (unpaired) electrons. The van der Waals surface area contributed by atoms with Crippen molar-refractivity contribution in [3.8, 4) is 0 Å². The fourth-order valence-electron chi connectivity index (χ4n) is 3.91. The van der Waals surface area contributed by atoms with E-state index in [4.69, 9.17) is 23.1 Å². The van der Waals surface area contributed by atoms with E-state index in [1.54, 1.807) is 0 Å². The molecular formula is C14H15Cl2N3. The maximum atomic E-state index is 6.34. The first-order valence-corrected chi connectivity index (χ1v) is 6.52. The summed E-state index contributed by atoms with van der Waals surface area (Å²) in [7, 11) is 0. The van der Waals surface area contributed by atoms with Gasteiger partial charge in [-0.2, -0.15) is 0 Å². The smallest absolute Gasteiger partial charge is 0.0719 e. The number of hydrogen-bond acceptors (Lipinski definition) is 3. The molecule has 1 heterocycles. The Morgan fingerprint density at radius 1 is 1.16 bits per heavy atom. The molecule has 3 aliphatic rings. The van der Waals surface area contributed by atoms with Gasteiger partial charge in [0.1, 0.15) is 0 Å². The Morgan fingerprint density at radius 2 is 1.84 bits per heavy atom. The third-order valence-electron chi connectivity index (χ3n) is 4.52. The first-order chi connectivity index (χ1) is 8.52. The third-order valence-corrected chi connectivity index (χ3v) is 4.75. The van der Waals surface area contributed by atoms with Gasteiger partial charge in [-0.05, 0) is 36.6 Å². The number of fused-ring (bicyclic) bond motifs is 1. The summed E-state index contributed by atoms with van der Waals surface area (Å²) in [5, 5.41) is 1.83. The number of pyridine rings is 1. The molecule has 19 heavy (non-hydrogen) atoms. The Labute approximate surface area is 122 Å². The minimum atomic E-state index is -0.0946. The van der Waals surface area contributed by atoms with Crippen LogP contribution in [-0.2, 0) is 0 Å². The minimum Gasteiger partial charge on any atom is -0.324 e. The molecule has 3 nitrogen and oxygen atoms in total. The fourth-order valence-corrected chi connectivity index (χ4v) is 4.07. The van der Waals surface area contributed by atoms with E-state index in [1.165, 1.54) is 5.56 Å². The van der Waals surface area contributed by atoms with E-state index in [-0.39, 0.29) is 29.4 Å². The predicted molar refractivity (Wildman–Crippen MR) is 79.8 cm³/mol. The van der Waals surface area contributed by atoms with Crippen molar-refractivity contribution in [2.75, 3.05) is 0 Å². The summed E-state index contributed by atoms with van der Waals surface area (Å²) < 4.78 is 0. The van der Waals surface area contributed by atoms with Gasteiger partial charge in [0.05, 0.1) is 5.52 Å². The summed E-state index contributed by atoms with van der Waals surface area (Å²) >= 11 is 6.00. The molecule has 0 atom stereocenters. The Morgan fingerprint density at radius 3 is 2.47 bits per heavy atom. The maximum absolute atomic E-state index is 6.34. The molecule has 3 saturated carbocycles. The maximum Gasteiger partial charge on any atom is 0.0719 e. The lowest BCUT2D eigenvalue weighted by molar-refractivity contribution is -0.0850. The van der Waals surface area contributed by atoms with Crippen molar-refractivity contribution in [3.05, 3.63) is 41.0 Å². The van der Waals surface area contributed by atoms with Crippen molar-refractivity contribution < 1.29 is 0 Å². The van der Waals surface area contributed by atoms with Gasteiger partial charge in [-0.25, -0.2) is 0 Å². The average Bonchev–Trinajstić information content (AvgIpc) is 2.27. The van der Waals surface area contributed by atoms with Crippen LogP contribution in [0.2, 0.25) is 5.02 Å². The van der Waals surface area contributed by atoms with Gasteiger partial charge in [0.2, 0.25) is 0 Å². The van der Waals surface area contributed by atoms with Crippen LogP contribution in [0.25, 0.3) is 10.9 Å². The van der Waals surface area contributed by atoms with Gasteiger partial charge < -0.3 is 11.5 Å². The van der Waals surface area contributed by atoms with E-state index < -0.39 is 0 Å². The highest BCUT2D eigenvalue weighted by Gasteiger charge is 2.72. The van der Waals surface area contributed by atoms with E-state index in [9.17, 15) is 0 Å². The molecule has 2 bridgehead atoms. The SMILES string of the molecule is Cl.NC12CC(N)(C1)C2c1ccnc2cc(Cl)ccc12. The van der Waals surface area contributed by atoms with Crippen molar-refractivity contribution >= 4 is 34.9 Å². The lowest BCUT2D eigenvalue weighted by Gasteiger charge is -2.73. The molecule has 2 aromatic rings. The second-order valence-corrected chi connectivity index (χ2v) is 6.25. The van der Waals surface area contributed by atoms with Crippen LogP contribution in [0, 0.1) is 0 Å². The van der Waals surface area contributed by atoms with Gasteiger partial charge in [0.15, 0.2) is 0 Å². The Kier molecular flexibility index (Phi) is 2.64. The number of halogens is 2. The summed E-state index contributed by atoms with van der Waals surface area (Å²) in [4.78, 5) is 4.36. The largest absolute Gasteiger partial charge is 0.324 e. The van der Waals surface area contributed by atoms with E-state index in [2.05, 4.69) is 4.98 Å². The first-order valence-electron chi connectivity index (χ1n) is 6.14. The van der Waals surface area contributed by atoms with Crippen molar-refractivity contribution in [1.29, 1.82) is 0 Å². The number of rotatable bonds is 1. The lowest BCUT2D eigenvalue weighted by Crippen LogP contribution is -2.86. The number of aromatic nitrogens is 1. The Bertz CT molecular complexity index is 651. The van der Waals surface area contributed by atoms with Crippen molar-refractivity contribution in [1.82, 2.24) is 4.98 Å². The molecular weight excluding hydrogens is 281 g/mol. The Hall–Kier alpha value is -0.870. The van der Waals surface area contributed by atoms with E-state index in [1.807, 2.05) is 30.5 Å². The van der Waals surface area contributed by atoms with Crippen LogP contribution in [0.4, 0.5) is 0 Å². The molecule has 0 spiro atoms. The van der Waals surface area contributed by atoms with Crippen LogP contribution in [-0.4, -0.2) is 16.1 Å². The number of benzene rings is 1. The van der Waals surface area contributed by atoms with E-state index >= 15 is 0 Å². The minimum absolute atomic E-state index is 0. The molecule has 0 saturated heterocycles. The topological polar surface area (TPSA) is 64.9 Å². The molecule has 5 rings (SSSR count). The summed E-state index contributed by atoms with van der Waals surface area (Å²) in [6, 6.07) is 7.84. The van der Waals surface area contributed by atoms with E-state index in [0.29, 0.717) is 5.02 Å². The second kappa shape index (κ2) is 3.83. The first kappa shape index (κ1) is 13.1. The molecule has 5 heteroatoms. The summed E-state index contributed by atoms with van der Waals surface area (Å²) in [6.45, 7) is 0. The molecule has 3 fully saturated rings. The number of hydrogen-bond donors (Lipinski definition) is 2. The number of nitrogens with two attached hydrogens (primary N) is 2. The van der Waals surface area contributed by atoms with Crippen LogP contribution in [0.3, 0.4) is 0 Å².